The Morgan fingerprint density at radius 2 is 2.00 bits per heavy atom. The van der Waals surface area contributed by atoms with E-state index in [0.717, 1.165) is 29.6 Å². The second-order valence-electron chi connectivity index (χ2n) is 6.25. The SMILES string of the molecule is Cc1ccc(C(F)(F)F)cc1NC1CSCC(C)(C)C1. The van der Waals surface area contributed by atoms with E-state index in [1.54, 1.807) is 0 Å². The van der Waals surface area contributed by atoms with Gasteiger partial charge in [0.1, 0.15) is 0 Å². The summed E-state index contributed by atoms with van der Waals surface area (Å²) in [5, 5.41) is 3.30. The number of hydrogen-bond donors (Lipinski definition) is 1. The normalized spacial score (nSPS) is 22.6. The van der Waals surface area contributed by atoms with E-state index in [1.807, 2.05) is 18.7 Å². The maximum absolute atomic E-state index is 12.8. The molecule has 0 radical (unpaired) electrons. The monoisotopic (exact) mass is 303 g/mol. The van der Waals surface area contributed by atoms with Gasteiger partial charge >= 0.3 is 6.18 Å². The average molecular weight is 303 g/mol. The lowest BCUT2D eigenvalue weighted by molar-refractivity contribution is -0.137. The molecule has 1 atom stereocenters. The van der Waals surface area contributed by atoms with Crippen LogP contribution in [-0.4, -0.2) is 17.5 Å². The summed E-state index contributed by atoms with van der Waals surface area (Å²) >= 11 is 1.86. The first kappa shape index (κ1) is 15.5. The highest BCUT2D eigenvalue weighted by molar-refractivity contribution is 7.99. The maximum Gasteiger partial charge on any atom is 0.416 e. The largest absolute Gasteiger partial charge is 0.416 e. The molecule has 2 rings (SSSR count). The zero-order valence-electron chi connectivity index (χ0n) is 12.0. The van der Waals surface area contributed by atoms with E-state index in [9.17, 15) is 13.2 Å². The van der Waals surface area contributed by atoms with Crippen LogP contribution in [0.3, 0.4) is 0 Å². The molecular formula is C15H20F3NS. The predicted molar refractivity (Wildman–Crippen MR) is 79.3 cm³/mol. The van der Waals surface area contributed by atoms with Crippen molar-refractivity contribution in [3.8, 4) is 0 Å². The quantitative estimate of drug-likeness (QED) is 0.829. The van der Waals surface area contributed by atoms with E-state index in [-0.39, 0.29) is 11.5 Å². The van der Waals surface area contributed by atoms with Crippen molar-refractivity contribution in [2.45, 2.75) is 39.4 Å². The number of halogens is 3. The van der Waals surface area contributed by atoms with E-state index in [4.69, 9.17) is 0 Å². The van der Waals surface area contributed by atoms with Gasteiger partial charge in [0, 0.05) is 17.5 Å². The second-order valence-corrected chi connectivity index (χ2v) is 7.28. The third-order valence-electron chi connectivity index (χ3n) is 3.54. The van der Waals surface area contributed by atoms with Gasteiger partial charge in [-0.3, -0.25) is 0 Å². The Morgan fingerprint density at radius 1 is 1.30 bits per heavy atom. The molecule has 1 aliphatic heterocycles. The molecule has 0 bridgehead atoms. The Kier molecular flexibility index (Phi) is 4.28. The van der Waals surface area contributed by atoms with Crippen LogP contribution in [-0.2, 0) is 6.18 Å². The summed E-state index contributed by atoms with van der Waals surface area (Å²) in [7, 11) is 0. The minimum Gasteiger partial charge on any atom is -0.381 e. The van der Waals surface area contributed by atoms with Crippen molar-refractivity contribution >= 4 is 17.4 Å². The van der Waals surface area contributed by atoms with E-state index < -0.39 is 11.7 Å². The van der Waals surface area contributed by atoms with Gasteiger partial charge in [-0.1, -0.05) is 19.9 Å². The van der Waals surface area contributed by atoms with Crippen molar-refractivity contribution in [1.29, 1.82) is 0 Å². The standard InChI is InChI=1S/C15H20F3NS/c1-10-4-5-11(15(16,17)18)6-13(10)19-12-7-14(2,3)9-20-8-12/h4-6,12,19H,7-9H2,1-3H3. The summed E-state index contributed by atoms with van der Waals surface area (Å²) in [6.07, 6.45) is -3.31. The number of benzene rings is 1. The fourth-order valence-electron chi connectivity index (χ4n) is 2.53. The number of thioether (sulfide) groups is 1. The molecule has 112 valence electrons. The lowest BCUT2D eigenvalue weighted by Gasteiger charge is -2.36. The van der Waals surface area contributed by atoms with Gasteiger partial charge in [-0.15, -0.1) is 0 Å². The summed E-state index contributed by atoms with van der Waals surface area (Å²) < 4.78 is 38.3. The first-order valence-corrected chi connectivity index (χ1v) is 7.85. The van der Waals surface area contributed by atoms with E-state index in [0.29, 0.717) is 5.69 Å². The number of alkyl halides is 3. The van der Waals surface area contributed by atoms with Gasteiger partial charge in [-0.25, -0.2) is 0 Å². The Bertz CT molecular complexity index is 482. The van der Waals surface area contributed by atoms with Gasteiger partial charge in [-0.2, -0.15) is 24.9 Å². The molecule has 1 aliphatic rings. The van der Waals surface area contributed by atoms with Gasteiger partial charge in [0.25, 0.3) is 0 Å². The van der Waals surface area contributed by atoms with Crippen molar-refractivity contribution in [3.05, 3.63) is 29.3 Å². The summed E-state index contributed by atoms with van der Waals surface area (Å²) in [5.41, 5.74) is 1.10. The summed E-state index contributed by atoms with van der Waals surface area (Å²) in [4.78, 5) is 0. The molecule has 0 amide bonds. The molecule has 1 fully saturated rings. The molecule has 1 N–H and O–H groups in total. The molecule has 1 heterocycles. The molecule has 1 aromatic rings. The zero-order chi connectivity index (χ0) is 15.0. The van der Waals surface area contributed by atoms with Crippen LogP contribution >= 0.6 is 11.8 Å². The van der Waals surface area contributed by atoms with E-state index in [2.05, 4.69) is 19.2 Å². The third-order valence-corrected chi connectivity index (χ3v) is 5.16. The van der Waals surface area contributed by atoms with Crippen LogP contribution in [0.15, 0.2) is 18.2 Å². The first-order valence-electron chi connectivity index (χ1n) is 6.69. The number of aryl methyl sites for hydroxylation is 1. The Morgan fingerprint density at radius 3 is 2.60 bits per heavy atom. The maximum atomic E-state index is 12.8. The highest BCUT2D eigenvalue weighted by Crippen LogP contribution is 2.36. The van der Waals surface area contributed by atoms with Crippen LogP contribution in [0.25, 0.3) is 0 Å². The van der Waals surface area contributed by atoms with Crippen LogP contribution in [0.5, 0.6) is 0 Å². The molecule has 0 aliphatic carbocycles. The molecule has 0 saturated carbocycles. The number of nitrogens with one attached hydrogen (secondary N) is 1. The van der Waals surface area contributed by atoms with Gasteiger partial charge in [0.2, 0.25) is 0 Å². The van der Waals surface area contributed by atoms with Crippen molar-refractivity contribution in [2.24, 2.45) is 5.41 Å². The highest BCUT2D eigenvalue weighted by Gasteiger charge is 2.32. The van der Waals surface area contributed by atoms with Crippen molar-refractivity contribution in [3.63, 3.8) is 0 Å². The summed E-state index contributed by atoms with van der Waals surface area (Å²) in [5.74, 6) is 2.05. The van der Waals surface area contributed by atoms with Crippen LogP contribution in [0.2, 0.25) is 0 Å². The lowest BCUT2D eigenvalue weighted by Crippen LogP contribution is -2.35. The van der Waals surface area contributed by atoms with Crippen LogP contribution in [0.4, 0.5) is 18.9 Å². The van der Waals surface area contributed by atoms with Gasteiger partial charge in [0.05, 0.1) is 5.56 Å². The Balaban J connectivity index is 2.16. The number of hydrogen-bond acceptors (Lipinski definition) is 2. The second kappa shape index (κ2) is 5.51. The molecule has 1 unspecified atom stereocenters. The molecule has 0 aromatic heterocycles. The number of anilines is 1. The molecular weight excluding hydrogens is 283 g/mol. The molecule has 5 heteroatoms. The third kappa shape index (κ3) is 3.84. The summed E-state index contributed by atoms with van der Waals surface area (Å²) in [6.45, 7) is 6.24. The highest BCUT2D eigenvalue weighted by atomic mass is 32.2. The van der Waals surface area contributed by atoms with Gasteiger partial charge < -0.3 is 5.32 Å². The number of rotatable bonds is 2. The predicted octanol–water partition coefficient (Wildman–Crippen LogP) is 4.96. The molecule has 1 aromatic carbocycles. The van der Waals surface area contributed by atoms with Gasteiger partial charge in [0.15, 0.2) is 0 Å². The fourth-order valence-corrected chi connectivity index (χ4v) is 3.80. The lowest BCUT2D eigenvalue weighted by atomic mass is 9.87. The van der Waals surface area contributed by atoms with Crippen molar-refractivity contribution in [2.75, 3.05) is 16.8 Å². The van der Waals surface area contributed by atoms with E-state index in [1.165, 1.54) is 12.1 Å². The summed E-state index contributed by atoms with van der Waals surface area (Å²) in [6, 6.07) is 4.12. The average Bonchev–Trinajstić information content (AvgIpc) is 2.29. The molecule has 1 saturated heterocycles. The van der Waals surface area contributed by atoms with Crippen LogP contribution in [0, 0.1) is 12.3 Å². The fraction of sp³-hybridized carbons (Fsp3) is 0.600. The smallest absolute Gasteiger partial charge is 0.381 e. The Hall–Kier alpha value is -0.840. The Labute approximate surface area is 122 Å². The van der Waals surface area contributed by atoms with Gasteiger partial charge in [-0.05, 0) is 42.2 Å². The minimum absolute atomic E-state index is 0.228. The molecule has 0 spiro atoms. The van der Waals surface area contributed by atoms with Crippen LogP contribution < -0.4 is 5.32 Å². The first-order chi connectivity index (χ1) is 9.17. The zero-order valence-corrected chi connectivity index (χ0v) is 12.8. The van der Waals surface area contributed by atoms with E-state index >= 15 is 0 Å². The molecule has 1 nitrogen and oxygen atoms in total. The molecule has 20 heavy (non-hydrogen) atoms. The van der Waals surface area contributed by atoms with Crippen molar-refractivity contribution < 1.29 is 13.2 Å². The van der Waals surface area contributed by atoms with Crippen molar-refractivity contribution in [1.82, 2.24) is 0 Å². The minimum atomic E-state index is -4.29. The topological polar surface area (TPSA) is 12.0 Å². The van der Waals surface area contributed by atoms with Crippen LogP contribution in [0.1, 0.15) is 31.4 Å².